The second kappa shape index (κ2) is 4.84. The molecular formula is C10H20N2OS. The largest absolute Gasteiger partial charge is 0.380 e. The van der Waals surface area contributed by atoms with Gasteiger partial charge in [-0.1, -0.05) is 0 Å². The molecule has 0 bridgehead atoms. The second-order valence-corrected chi connectivity index (χ2v) is 5.29. The van der Waals surface area contributed by atoms with Crippen molar-refractivity contribution in [2.45, 2.75) is 18.4 Å². The van der Waals surface area contributed by atoms with E-state index in [1.807, 2.05) is 11.8 Å². The highest BCUT2D eigenvalue weighted by atomic mass is 32.2. The maximum Gasteiger partial charge on any atom is 0.0593 e. The fourth-order valence-corrected chi connectivity index (χ4v) is 3.85. The molecule has 0 aromatic heterocycles. The highest BCUT2D eigenvalue weighted by Gasteiger charge is 2.38. The zero-order chi connectivity index (χ0) is 9.86. The minimum absolute atomic E-state index is 0.290. The molecule has 1 unspecified atom stereocenters. The third-order valence-electron chi connectivity index (χ3n) is 3.36. The van der Waals surface area contributed by atoms with Gasteiger partial charge in [0, 0.05) is 37.5 Å². The Bertz CT molecular complexity index is 175. The normalized spacial score (nSPS) is 35.8. The van der Waals surface area contributed by atoms with Crippen molar-refractivity contribution in [3.63, 3.8) is 0 Å². The van der Waals surface area contributed by atoms with Gasteiger partial charge in [0.05, 0.1) is 6.61 Å². The van der Waals surface area contributed by atoms with Gasteiger partial charge in [0.2, 0.25) is 0 Å². The Labute approximate surface area is 90.3 Å². The molecule has 0 aliphatic carbocycles. The summed E-state index contributed by atoms with van der Waals surface area (Å²) >= 11 is 2.04. The van der Waals surface area contributed by atoms with Crippen LogP contribution in [-0.2, 0) is 4.74 Å². The lowest BCUT2D eigenvalue weighted by Gasteiger charge is -2.39. The standard InChI is InChI=1S/C10H20N2OS/c11-8-10(2-7-14-9-10)12-3-1-5-13-6-4-12/h1-9,11H2. The first-order valence-electron chi connectivity index (χ1n) is 5.48. The second-order valence-electron chi connectivity index (χ2n) is 4.18. The van der Waals surface area contributed by atoms with E-state index in [0.29, 0.717) is 5.54 Å². The molecule has 1 atom stereocenters. The van der Waals surface area contributed by atoms with Gasteiger partial charge >= 0.3 is 0 Å². The number of thioether (sulfide) groups is 1. The van der Waals surface area contributed by atoms with Crippen molar-refractivity contribution in [1.82, 2.24) is 4.90 Å². The molecule has 82 valence electrons. The van der Waals surface area contributed by atoms with E-state index in [1.165, 1.54) is 17.9 Å². The molecule has 3 nitrogen and oxygen atoms in total. The summed E-state index contributed by atoms with van der Waals surface area (Å²) in [5.41, 5.74) is 6.24. The highest BCUT2D eigenvalue weighted by Crippen LogP contribution is 2.33. The quantitative estimate of drug-likeness (QED) is 0.731. The molecule has 0 saturated carbocycles. The van der Waals surface area contributed by atoms with Gasteiger partial charge in [-0.2, -0.15) is 11.8 Å². The summed E-state index contributed by atoms with van der Waals surface area (Å²) in [4.78, 5) is 2.57. The summed E-state index contributed by atoms with van der Waals surface area (Å²) in [5, 5.41) is 0. The molecule has 4 heteroatoms. The third kappa shape index (κ3) is 2.08. The zero-order valence-corrected chi connectivity index (χ0v) is 9.52. The van der Waals surface area contributed by atoms with Gasteiger partial charge in [-0.25, -0.2) is 0 Å². The van der Waals surface area contributed by atoms with Crippen LogP contribution in [0.3, 0.4) is 0 Å². The molecule has 0 aromatic rings. The number of nitrogens with two attached hydrogens (primary N) is 1. The monoisotopic (exact) mass is 216 g/mol. The van der Waals surface area contributed by atoms with Crippen molar-refractivity contribution in [1.29, 1.82) is 0 Å². The molecule has 2 rings (SSSR count). The summed E-state index contributed by atoms with van der Waals surface area (Å²) in [7, 11) is 0. The topological polar surface area (TPSA) is 38.5 Å². The Morgan fingerprint density at radius 2 is 2.29 bits per heavy atom. The molecular weight excluding hydrogens is 196 g/mol. The first-order valence-corrected chi connectivity index (χ1v) is 6.63. The fourth-order valence-electron chi connectivity index (χ4n) is 2.36. The Morgan fingerprint density at radius 1 is 1.36 bits per heavy atom. The number of rotatable bonds is 2. The van der Waals surface area contributed by atoms with Crippen LogP contribution in [0.15, 0.2) is 0 Å². The Hall–Kier alpha value is 0.230. The lowest BCUT2D eigenvalue weighted by atomic mass is 9.96. The fraction of sp³-hybridized carbons (Fsp3) is 1.00. The molecule has 0 spiro atoms. The molecule has 0 amide bonds. The smallest absolute Gasteiger partial charge is 0.0593 e. The lowest BCUT2D eigenvalue weighted by molar-refractivity contribution is 0.0984. The van der Waals surface area contributed by atoms with Gasteiger partial charge in [0.1, 0.15) is 0 Å². The average Bonchev–Trinajstić information content (AvgIpc) is 2.54. The van der Waals surface area contributed by atoms with E-state index in [2.05, 4.69) is 4.90 Å². The van der Waals surface area contributed by atoms with Crippen LogP contribution in [0.1, 0.15) is 12.8 Å². The van der Waals surface area contributed by atoms with E-state index in [0.717, 1.165) is 39.3 Å². The van der Waals surface area contributed by atoms with E-state index in [-0.39, 0.29) is 0 Å². The summed E-state index contributed by atoms with van der Waals surface area (Å²) in [6.45, 7) is 4.84. The predicted molar refractivity (Wildman–Crippen MR) is 60.7 cm³/mol. The molecule has 0 radical (unpaired) electrons. The zero-order valence-electron chi connectivity index (χ0n) is 8.71. The van der Waals surface area contributed by atoms with Crippen molar-refractivity contribution in [3.05, 3.63) is 0 Å². The maximum atomic E-state index is 5.95. The number of hydrogen-bond donors (Lipinski definition) is 1. The van der Waals surface area contributed by atoms with E-state index < -0.39 is 0 Å². The van der Waals surface area contributed by atoms with Crippen molar-refractivity contribution < 1.29 is 4.74 Å². The maximum absolute atomic E-state index is 5.95. The third-order valence-corrected chi connectivity index (χ3v) is 4.59. The van der Waals surface area contributed by atoms with Gasteiger partial charge in [-0.15, -0.1) is 0 Å². The first-order chi connectivity index (χ1) is 6.87. The van der Waals surface area contributed by atoms with Crippen molar-refractivity contribution in [2.75, 3.05) is 44.4 Å². The Balaban J connectivity index is 2.01. The van der Waals surface area contributed by atoms with Gasteiger partial charge in [-0.3, -0.25) is 4.90 Å². The van der Waals surface area contributed by atoms with Crippen LogP contribution in [0.25, 0.3) is 0 Å². The predicted octanol–water partition coefficient (Wildman–Crippen LogP) is 0.543. The summed E-state index contributed by atoms with van der Waals surface area (Å²) in [5.74, 6) is 2.48. The molecule has 2 N–H and O–H groups in total. The van der Waals surface area contributed by atoms with Crippen molar-refractivity contribution in [2.24, 2.45) is 5.73 Å². The van der Waals surface area contributed by atoms with Crippen LogP contribution in [0.2, 0.25) is 0 Å². The lowest BCUT2D eigenvalue weighted by Crippen LogP contribution is -2.55. The summed E-state index contributed by atoms with van der Waals surface area (Å²) in [6, 6.07) is 0. The molecule has 0 aromatic carbocycles. The Morgan fingerprint density at radius 3 is 3.00 bits per heavy atom. The number of hydrogen-bond acceptors (Lipinski definition) is 4. The van der Waals surface area contributed by atoms with Crippen LogP contribution >= 0.6 is 11.8 Å². The summed E-state index contributed by atoms with van der Waals surface area (Å²) < 4.78 is 5.48. The average molecular weight is 216 g/mol. The van der Waals surface area contributed by atoms with Gasteiger partial charge in [0.15, 0.2) is 0 Å². The van der Waals surface area contributed by atoms with Crippen LogP contribution < -0.4 is 5.73 Å². The highest BCUT2D eigenvalue weighted by molar-refractivity contribution is 7.99. The van der Waals surface area contributed by atoms with E-state index in [4.69, 9.17) is 10.5 Å². The minimum Gasteiger partial charge on any atom is -0.380 e. The SMILES string of the molecule is NCC1(N2CCCOCC2)CCSC1. The molecule has 2 heterocycles. The van der Waals surface area contributed by atoms with E-state index in [9.17, 15) is 0 Å². The number of ether oxygens (including phenoxy) is 1. The molecule has 2 saturated heterocycles. The summed E-state index contributed by atoms with van der Waals surface area (Å²) in [6.07, 6.45) is 2.42. The van der Waals surface area contributed by atoms with Crippen molar-refractivity contribution >= 4 is 11.8 Å². The van der Waals surface area contributed by atoms with E-state index >= 15 is 0 Å². The van der Waals surface area contributed by atoms with Crippen LogP contribution in [0.5, 0.6) is 0 Å². The van der Waals surface area contributed by atoms with Crippen molar-refractivity contribution in [3.8, 4) is 0 Å². The van der Waals surface area contributed by atoms with Gasteiger partial charge in [-0.05, 0) is 18.6 Å². The van der Waals surface area contributed by atoms with E-state index in [1.54, 1.807) is 0 Å². The van der Waals surface area contributed by atoms with Crippen LogP contribution in [-0.4, -0.2) is 54.8 Å². The minimum atomic E-state index is 0.290. The first kappa shape index (κ1) is 10.7. The molecule has 2 fully saturated rings. The molecule has 2 aliphatic heterocycles. The van der Waals surface area contributed by atoms with Gasteiger partial charge < -0.3 is 10.5 Å². The van der Waals surface area contributed by atoms with Crippen LogP contribution in [0.4, 0.5) is 0 Å². The number of nitrogens with zero attached hydrogens (tertiary/aromatic N) is 1. The van der Waals surface area contributed by atoms with Gasteiger partial charge in [0.25, 0.3) is 0 Å². The molecule has 14 heavy (non-hydrogen) atoms. The molecule has 2 aliphatic rings. The Kier molecular flexibility index (Phi) is 3.71. The van der Waals surface area contributed by atoms with Crippen LogP contribution in [0, 0.1) is 0 Å².